The number of rotatable bonds is 3. The SMILES string of the molecule is CC(O)C(O)C1CNc2nc(N)[nH]c(=O)c2N1C(=O)C1CCCN1. The lowest BCUT2D eigenvalue weighted by Crippen LogP contribution is -2.60. The molecular formula is C14H22N6O4. The summed E-state index contributed by atoms with van der Waals surface area (Å²) in [6.07, 6.45) is -0.774. The number of amides is 1. The van der Waals surface area contributed by atoms with Crippen molar-refractivity contribution in [2.24, 2.45) is 0 Å². The van der Waals surface area contributed by atoms with Gasteiger partial charge in [-0.25, -0.2) is 0 Å². The highest BCUT2D eigenvalue weighted by atomic mass is 16.3. The minimum absolute atomic E-state index is 0.0128. The fourth-order valence-electron chi connectivity index (χ4n) is 3.22. The van der Waals surface area contributed by atoms with Crippen molar-refractivity contribution in [2.75, 3.05) is 29.0 Å². The average molecular weight is 338 g/mol. The number of nitrogens with two attached hydrogens (primary N) is 1. The average Bonchev–Trinajstić information content (AvgIpc) is 3.06. The van der Waals surface area contributed by atoms with Gasteiger partial charge in [0.2, 0.25) is 11.9 Å². The third-order valence-corrected chi connectivity index (χ3v) is 4.45. The van der Waals surface area contributed by atoms with E-state index in [1.54, 1.807) is 0 Å². The zero-order valence-corrected chi connectivity index (χ0v) is 13.3. The molecule has 1 aromatic rings. The largest absolute Gasteiger partial charge is 0.391 e. The number of hydrogen-bond acceptors (Lipinski definition) is 8. The summed E-state index contributed by atoms with van der Waals surface area (Å²) in [6.45, 7) is 2.30. The number of aromatic nitrogens is 2. The molecule has 0 bridgehead atoms. The number of H-pyrrole nitrogens is 1. The van der Waals surface area contributed by atoms with Crippen LogP contribution in [0, 0.1) is 0 Å². The molecule has 10 heteroatoms. The van der Waals surface area contributed by atoms with Crippen molar-refractivity contribution in [1.82, 2.24) is 15.3 Å². The van der Waals surface area contributed by atoms with Gasteiger partial charge >= 0.3 is 0 Å². The van der Waals surface area contributed by atoms with Crippen LogP contribution >= 0.6 is 0 Å². The first kappa shape index (κ1) is 16.7. The Hall–Kier alpha value is -2.17. The van der Waals surface area contributed by atoms with E-state index in [2.05, 4.69) is 20.6 Å². The van der Waals surface area contributed by atoms with Gasteiger partial charge in [0, 0.05) is 6.54 Å². The number of nitrogens with zero attached hydrogens (tertiary/aromatic N) is 2. The van der Waals surface area contributed by atoms with Crippen LogP contribution in [0.1, 0.15) is 19.8 Å². The number of aromatic amines is 1. The number of anilines is 3. The first-order valence-electron chi connectivity index (χ1n) is 7.96. The Morgan fingerprint density at radius 1 is 1.46 bits per heavy atom. The highest BCUT2D eigenvalue weighted by Gasteiger charge is 2.42. The van der Waals surface area contributed by atoms with Crippen molar-refractivity contribution in [3.8, 4) is 0 Å². The summed E-state index contributed by atoms with van der Waals surface area (Å²) in [6, 6.07) is -1.23. The Labute approximate surface area is 138 Å². The van der Waals surface area contributed by atoms with Crippen molar-refractivity contribution >= 4 is 23.4 Å². The third kappa shape index (κ3) is 2.83. The van der Waals surface area contributed by atoms with E-state index >= 15 is 0 Å². The molecule has 1 saturated heterocycles. The van der Waals surface area contributed by atoms with E-state index in [0.717, 1.165) is 13.0 Å². The van der Waals surface area contributed by atoms with Gasteiger partial charge in [0.25, 0.3) is 5.56 Å². The first-order chi connectivity index (χ1) is 11.4. The Balaban J connectivity index is 2.06. The molecule has 2 aliphatic rings. The summed E-state index contributed by atoms with van der Waals surface area (Å²) in [5.74, 6) is -0.194. The normalized spacial score (nSPS) is 25.7. The molecule has 1 aromatic heterocycles. The number of carbonyl (C=O) groups is 1. The monoisotopic (exact) mass is 338 g/mol. The zero-order chi connectivity index (χ0) is 17.4. The van der Waals surface area contributed by atoms with E-state index in [1.807, 2.05) is 0 Å². The van der Waals surface area contributed by atoms with E-state index in [9.17, 15) is 19.8 Å². The molecule has 7 N–H and O–H groups in total. The van der Waals surface area contributed by atoms with Gasteiger partial charge in [-0.15, -0.1) is 0 Å². The molecular weight excluding hydrogens is 316 g/mol. The Kier molecular flexibility index (Phi) is 4.43. The molecule has 4 unspecified atom stereocenters. The molecule has 3 rings (SSSR count). The van der Waals surface area contributed by atoms with Crippen molar-refractivity contribution in [3.05, 3.63) is 10.4 Å². The minimum atomic E-state index is -1.21. The van der Waals surface area contributed by atoms with E-state index in [0.29, 0.717) is 6.42 Å². The van der Waals surface area contributed by atoms with Gasteiger partial charge in [-0.2, -0.15) is 4.98 Å². The van der Waals surface area contributed by atoms with Gasteiger partial charge in [-0.1, -0.05) is 0 Å². The van der Waals surface area contributed by atoms with E-state index in [4.69, 9.17) is 5.73 Å². The molecule has 0 saturated carbocycles. The van der Waals surface area contributed by atoms with Crippen LogP contribution in [-0.2, 0) is 4.79 Å². The molecule has 0 radical (unpaired) electrons. The molecule has 2 aliphatic heterocycles. The summed E-state index contributed by atoms with van der Waals surface area (Å²) < 4.78 is 0. The summed E-state index contributed by atoms with van der Waals surface area (Å²) >= 11 is 0. The highest BCUT2D eigenvalue weighted by Crippen LogP contribution is 2.30. The predicted molar refractivity (Wildman–Crippen MR) is 87.7 cm³/mol. The lowest BCUT2D eigenvalue weighted by molar-refractivity contribution is -0.121. The van der Waals surface area contributed by atoms with Crippen molar-refractivity contribution in [2.45, 2.75) is 44.1 Å². The molecule has 0 spiro atoms. The fourth-order valence-corrected chi connectivity index (χ4v) is 3.22. The first-order valence-corrected chi connectivity index (χ1v) is 7.96. The van der Waals surface area contributed by atoms with Crippen molar-refractivity contribution < 1.29 is 15.0 Å². The van der Waals surface area contributed by atoms with Gasteiger partial charge in [-0.3, -0.25) is 19.5 Å². The Bertz CT molecular complexity index is 684. The maximum Gasteiger partial charge on any atom is 0.278 e. The lowest BCUT2D eigenvalue weighted by Gasteiger charge is -2.40. The number of carbonyl (C=O) groups excluding carboxylic acids is 1. The van der Waals surface area contributed by atoms with Crippen LogP contribution in [0.5, 0.6) is 0 Å². The van der Waals surface area contributed by atoms with E-state index in [-0.39, 0.29) is 29.9 Å². The quantitative estimate of drug-likeness (QED) is 0.368. The molecule has 24 heavy (non-hydrogen) atoms. The second kappa shape index (κ2) is 6.38. The molecule has 10 nitrogen and oxygen atoms in total. The Morgan fingerprint density at radius 3 is 2.83 bits per heavy atom. The predicted octanol–water partition coefficient (Wildman–Crippen LogP) is -2.03. The Morgan fingerprint density at radius 2 is 2.21 bits per heavy atom. The number of hydrogen-bond donors (Lipinski definition) is 6. The van der Waals surface area contributed by atoms with Crippen LogP contribution in [0.25, 0.3) is 0 Å². The number of fused-ring (bicyclic) bond motifs is 1. The number of aliphatic hydroxyl groups is 2. The number of aliphatic hydroxyl groups excluding tert-OH is 2. The summed E-state index contributed by atoms with van der Waals surface area (Å²) in [5.41, 5.74) is 5.00. The van der Waals surface area contributed by atoms with E-state index < -0.39 is 29.9 Å². The maximum atomic E-state index is 13.0. The molecule has 1 fully saturated rings. The number of nitrogens with one attached hydrogen (secondary N) is 3. The second-order valence-corrected chi connectivity index (χ2v) is 6.19. The topological polar surface area (TPSA) is 157 Å². The summed E-state index contributed by atoms with van der Waals surface area (Å²) in [4.78, 5) is 33.0. The fraction of sp³-hybridized carbons (Fsp3) is 0.643. The van der Waals surface area contributed by atoms with Gasteiger partial charge in [0.05, 0.1) is 18.2 Å². The van der Waals surface area contributed by atoms with Crippen LogP contribution < -0.4 is 26.8 Å². The standard InChI is InChI=1S/C14H22N6O4/c1-6(21)10(22)8-5-17-11-9(12(23)19-14(15)18-11)20(8)13(24)7-3-2-4-16-7/h6-8,10,16,21-22H,2-5H2,1H3,(H4,15,17,18,19,23). The highest BCUT2D eigenvalue weighted by molar-refractivity contribution is 6.01. The molecule has 1 amide bonds. The molecule has 132 valence electrons. The molecule has 0 aromatic carbocycles. The maximum absolute atomic E-state index is 13.0. The molecule has 0 aliphatic carbocycles. The second-order valence-electron chi connectivity index (χ2n) is 6.19. The van der Waals surface area contributed by atoms with Gasteiger partial charge in [0.1, 0.15) is 6.10 Å². The summed E-state index contributed by atoms with van der Waals surface area (Å²) in [7, 11) is 0. The smallest absolute Gasteiger partial charge is 0.278 e. The minimum Gasteiger partial charge on any atom is -0.391 e. The number of nitrogen functional groups attached to an aromatic ring is 1. The third-order valence-electron chi connectivity index (χ3n) is 4.45. The molecule has 3 heterocycles. The van der Waals surface area contributed by atoms with Crippen LogP contribution in [-0.4, -0.2) is 63.5 Å². The lowest BCUT2D eigenvalue weighted by atomic mass is 10.0. The van der Waals surface area contributed by atoms with Gasteiger partial charge in [0.15, 0.2) is 11.5 Å². The summed E-state index contributed by atoms with van der Waals surface area (Å²) in [5, 5.41) is 26.1. The van der Waals surface area contributed by atoms with Crippen molar-refractivity contribution in [1.29, 1.82) is 0 Å². The van der Waals surface area contributed by atoms with Gasteiger partial charge in [-0.05, 0) is 26.3 Å². The zero-order valence-electron chi connectivity index (χ0n) is 13.3. The van der Waals surface area contributed by atoms with Crippen LogP contribution in [0.3, 0.4) is 0 Å². The van der Waals surface area contributed by atoms with Gasteiger partial charge < -0.3 is 26.6 Å². The van der Waals surface area contributed by atoms with Crippen LogP contribution in [0.4, 0.5) is 17.5 Å². The van der Waals surface area contributed by atoms with Crippen molar-refractivity contribution in [3.63, 3.8) is 0 Å². The van der Waals surface area contributed by atoms with E-state index in [1.165, 1.54) is 11.8 Å². The molecule has 4 atom stereocenters. The van der Waals surface area contributed by atoms with Crippen LogP contribution in [0.2, 0.25) is 0 Å². The van der Waals surface area contributed by atoms with Crippen LogP contribution in [0.15, 0.2) is 4.79 Å².